The Kier molecular flexibility index (Phi) is 5.68. The molecular weight excluding hydrogens is 238 g/mol. The van der Waals surface area contributed by atoms with Crippen LogP contribution in [-0.4, -0.2) is 20.8 Å². The summed E-state index contributed by atoms with van der Waals surface area (Å²) in [6, 6.07) is 3.75. The number of benzene rings is 1. The number of hydrogen-bond donors (Lipinski definition) is 1. The van der Waals surface area contributed by atoms with Crippen molar-refractivity contribution in [3.8, 4) is 23.8 Å². The minimum atomic E-state index is 0.429. The van der Waals surface area contributed by atoms with Crippen LogP contribution in [-0.2, 0) is 6.54 Å². The summed E-state index contributed by atoms with van der Waals surface area (Å²) < 4.78 is 10.8. The fourth-order valence-corrected chi connectivity index (χ4v) is 1.72. The topological polar surface area (TPSA) is 30.5 Å². The van der Waals surface area contributed by atoms with Crippen molar-refractivity contribution in [3.63, 3.8) is 0 Å². The van der Waals surface area contributed by atoms with Crippen LogP contribution in [0.3, 0.4) is 0 Å². The molecule has 0 heterocycles. The molecule has 17 heavy (non-hydrogen) atoms. The fraction of sp³-hybridized carbons (Fsp3) is 0.385. The molecule has 1 aromatic carbocycles. The van der Waals surface area contributed by atoms with E-state index in [1.807, 2.05) is 19.2 Å². The Balaban J connectivity index is 2.91. The summed E-state index contributed by atoms with van der Waals surface area (Å²) in [4.78, 5) is 0. The predicted molar refractivity (Wildman–Crippen MR) is 69.7 cm³/mol. The number of nitrogens with one attached hydrogen (secondary N) is 1. The summed E-state index contributed by atoms with van der Waals surface area (Å²) in [6.45, 7) is 1.15. The zero-order valence-corrected chi connectivity index (χ0v) is 10.8. The zero-order valence-electron chi connectivity index (χ0n) is 10.0. The molecule has 1 aromatic rings. The van der Waals surface area contributed by atoms with E-state index in [1.165, 1.54) is 0 Å². The van der Waals surface area contributed by atoms with Gasteiger partial charge in [0, 0.05) is 13.0 Å². The molecule has 0 unspecified atom stereocenters. The second-order valence-electron chi connectivity index (χ2n) is 3.44. The van der Waals surface area contributed by atoms with Gasteiger partial charge in [0.2, 0.25) is 0 Å². The van der Waals surface area contributed by atoms with Gasteiger partial charge >= 0.3 is 0 Å². The van der Waals surface area contributed by atoms with Crippen LogP contribution < -0.4 is 14.8 Å². The maximum atomic E-state index is 6.14. The molecule has 0 bridgehead atoms. The summed E-state index contributed by atoms with van der Waals surface area (Å²) in [5, 5.41) is 3.59. The molecule has 0 radical (unpaired) electrons. The van der Waals surface area contributed by atoms with Gasteiger partial charge in [-0.1, -0.05) is 11.6 Å². The summed E-state index contributed by atoms with van der Waals surface area (Å²) in [7, 11) is 3.46. The summed E-state index contributed by atoms with van der Waals surface area (Å²) in [6.07, 6.45) is 5.70. The minimum absolute atomic E-state index is 0.429. The van der Waals surface area contributed by atoms with E-state index >= 15 is 0 Å². The molecule has 0 aliphatic rings. The lowest BCUT2D eigenvalue weighted by molar-refractivity contribution is 0.301. The van der Waals surface area contributed by atoms with Crippen molar-refractivity contribution in [2.75, 3.05) is 20.8 Å². The van der Waals surface area contributed by atoms with Gasteiger partial charge in [0.15, 0.2) is 11.5 Å². The molecule has 3 nitrogen and oxygen atoms in total. The van der Waals surface area contributed by atoms with Gasteiger partial charge in [-0.2, -0.15) is 0 Å². The molecule has 0 saturated heterocycles. The Hall–Kier alpha value is -1.37. The van der Waals surface area contributed by atoms with Crippen molar-refractivity contribution in [1.82, 2.24) is 5.32 Å². The van der Waals surface area contributed by atoms with Gasteiger partial charge in [0.05, 0.1) is 18.7 Å². The van der Waals surface area contributed by atoms with E-state index in [1.54, 1.807) is 7.11 Å². The average molecular weight is 254 g/mol. The number of terminal acetylenes is 1. The standard InChI is InChI=1S/C13H16ClNO2/c1-4-5-6-17-13-11(14)7-10(9-15-2)8-12(13)16-3/h1,7-8,15H,5-6,9H2,2-3H3. The molecule has 0 aromatic heterocycles. The van der Waals surface area contributed by atoms with E-state index in [0.29, 0.717) is 29.5 Å². The molecular formula is C13H16ClNO2. The van der Waals surface area contributed by atoms with Crippen molar-refractivity contribution < 1.29 is 9.47 Å². The summed E-state index contributed by atoms with van der Waals surface area (Å²) in [5.41, 5.74) is 1.04. The second kappa shape index (κ2) is 7.05. The van der Waals surface area contributed by atoms with E-state index in [0.717, 1.165) is 12.1 Å². The Morgan fingerprint density at radius 1 is 1.47 bits per heavy atom. The van der Waals surface area contributed by atoms with Gasteiger partial charge in [0.25, 0.3) is 0 Å². The van der Waals surface area contributed by atoms with Gasteiger partial charge in [-0.3, -0.25) is 0 Å². The van der Waals surface area contributed by atoms with Crippen LogP contribution in [0.4, 0.5) is 0 Å². The van der Waals surface area contributed by atoms with Gasteiger partial charge < -0.3 is 14.8 Å². The third-order valence-electron chi connectivity index (χ3n) is 2.16. The van der Waals surface area contributed by atoms with Gasteiger partial charge in [-0.25, -0.2) is 0 Å². The lowest BCUT2D eigenvalue weighted by atomic mass is 10.2. The molecule has 0 spiro atoms. The van der Waals surface area contributed by atoms with E-state index in [4.69, 9.17) is 27.5 Å². The summed E-state index contributed by atoms with van der Waals surface area (Å²) in [5.74, 6) is 3.68. The largest absolute Gasteiger partial charge is 0.493 e. The highest BCUT2D eigenvalue weighted by Gasteiger charge is 2.11. The maximum Gasteiger partial charge on any atom is 0.179 e. The van der Waals surface area contributed by atoms with E-state index in [9.17, 15) is 0 Å². The number of hydrogen-bond acceptors (Lipinski definition) is 3. The van der Waals surface area contributed by atoms with E-state index in [-0.39, 0.29) is 0 Å². The van der Waals surface area contributed by atoms with Crippen molar-refractivity contribution in [2.24, 2.45) is 0 Å². The van der Waals surface area contributed by atoms with Crippen LogP contribution in [0.25, 0.3) is 0 Å². The first-order chi connectivity index (χ1) is 8.22. The van der Waals surface area contributed by atoms with E-state index < -0.39 is 0 Å². The number of rotatable bonds is 6. The molecule has 0 atom stereocenters. The first-order valence-corrected chi connectivity index (χ1v) is 5.68. The quantitative estimate of drug-likeness (QED) is 0.624. The Morgan fingerprint density at radius 3 is 2.82 bits per heavy atom. The van der Waals surface area contributed by atoms with Crippen LogP contribution >= 0.6 is 11.6 Å². The lowest BCUT2D eigenvalue weighted by Crippen LogP contribution is -2.06. The minimum Gasteiger partial charge on any atom is -0.493 e. The highest BCUT2D eigenvalue weighted by molar-refractivity contribution is 6.32. The SMILES string of the molecule is C#CCCOc1c(Cl)cc(CNC)cc1OC. The Bertz CT molecular complexity index is 413. The van der Waals surface area contributed by atoms with Crippen molar-refractivity contribution in [1.29, 1.82) is 0 Å². The molecule has 4 heteroatoms. The smallest absolute Gasteiger partial charge is 0.179 e. The molecule has 92 valence electrons. The molecule has 0 amide bonds. The number of methoxy groups -OCH3 is 1. The van der Waals surface area contributed by atoms with Gasteiger partial charge in [0.1, 0.15) is 0 Å². The second-order valence-corrected chi connectivity index (χ2v) is 3.85. The molecule has 0 aliphatic heterocycles. The van der Waals surface area contributed by atoms with Crippen molar-refractivity contribution in [3.05, 3.63) is 22.7 Å². The highest BCUT2D eigenvalue weighted by Crippen LogP contribution is 2.36. The predicted octanol–water partition coefficient (Wildman–Crippen LogP) is 2.47. The monoisotopic (exact) mass is 253 g/mol. The number of halogens is 1. The zero-order chi connectivity index (χ0) is 12.7. The van der Waals surface area contributed by atoms with Gasteiger partial charge in [-0.05, 0) is 24.7 Å². The molecule has 0 fully saturated rings. The highest BCUT2D eigenvalue weighted by atomic mass is 35.5. The first kappa shape index (κ1) is 13.7. The van der Waals surface area contributed by atoms with Crippen LogP contribution in [0.15, 0.2) is 12.1 Å². The molecule has 1 N–H and O–H groups in total. The van der Waals surface area contributed by atoms with Crippen LogP contribution in [0.1, 0.15) is 12.0 Å². The van der Waals surface area contributed by atoms with Crippen molar-refractivity contribution in [2.45, 2.75) is 13.0 Å². The third-order valence-corrected chi connectivity index (χ3v) is 2.44. The van der Waals surface area contributed by atoms with Crippen molar-refractivity contribution >= 4 is 11.6 Å². The molecule has 0 aliphatic carbocycles. The maximum absolute atomic E-state index is 6.14. The van der Waals surface area contributed by atoms with Gasteiger partial charge in [-0.15, -0.1) is 12.3 Å². The first-order valence-electron chi connectivity index (χ1n) is 5.30. The lowest BCUT2D eigenvalue weighted by Gasteiger charge is -2.13. The van der Waals surface area contributed by atoms with Crippen LogP contribution in [0.2, 0.25) is 5.02 Å². The van der Waals surface area contributed by atoms with Crippen LogP contribution in [0, 0.1) is 12.3 Å². The average Bonchev–Trinajstić information content (AvgIpc) is 2.32. The van der Waals surface area contributed by atoms with E-state index in [2.05, 4.69) is 11.2 Å². The summed E-state index contributed by atoms with van der Waals surface area (Å²) >= 11 is 6.14. The van der Waals surface area contributed by atoms with Crippen LogP contribution in [0.5, 0.6) is 11.5 Å². The molecule has 1 rings (SSSR count). The third kappa shape index (κ3) is 3.85. The Labute approximate surface area is 107 Å². The normalized spacial score (nSPS) is 9.76. The molecule has 0 saturated carbocycles. The Morgan fingerprint density at radius 2 is 2.24 bits per heavy atom. The number of ether oxygens (including phenoxy) is 2. The fourth-order valence-electron chi connectivity index (χ4n) is 1.43.